The number of alkyl carbamates (subject to hydrolysis) is 1. The van der Waals surface area contributed by atoms with Crippen LogP contribution < -0.4 is 20.1 Å². The minimum atomic E-state index is -4.04. The van der Waals surface area contributed by atoms with Crippen molar-refractivity contribution in [3.05, 3.63) is 78.1 Å². The zero-order valence-electron chi connectivity index (χ0n) is 27.0. The van der Waals surface area contributed by atoms with Crippen molar-refractivity contribution < 1.29 is 41.8 Å². The number of carboxylic acid groups (broad SMARTS) is 1. The second-order valence-corrected chi connectivity index (χ2v) is 13.9. The molecule has 250 valence electrons. The van der Waals surface area contributed by atoms with E-state index in [1.54, 1.807) is 96.1 Å². The lowest BCUT2D eigenvalue weighted by Gasteiger charge is -2.19. The van der Waals surface area contributed by atoms with Gasteiger partial charge in [0.25, 0.3) is 5.91 Å². The summed E-state index contributed by atoms with van der Waals surface area (Å²) in [5.74, 6) is -1.50. The first-order chi connectivity index (χ1) is 22.1. The molecule has 0 spiro atoms. The summed E-state index contributed by atoms with van der Waals surface area (Å²) in [6.45, 7) is 10.7. The molecule has 12 nitrogen and oxygen atoms in total. The summed E-state index contributed by atoms with van der Waals surface area (Å²) in [6.07, 6.45) is -0.540. The first-order valence-electron chi connectivity index (χ1n) is 14.9. The van der Waals surface area contributed by atoms with Crippen molar-refractivity contribution in [1.82, 2.24) is 10.0 Å². The molecule has 1 heterocycles. The van der Waals surface area contributed by atoms with Gasteiger partial charge in [-0.15, -0.1) is 0 Å². The first kappa shape index (κ1) is 35.0. The van der Waals surface area contributed by atoms with Crippen LogP contribution in [0.1, 0.15) is 50.7 Å². The lowest BCUT2D eigenvalue weighted by Crippen LogP contribution is -2.44. The minimum absolute atomic E-state index is 0.0516. The van der Waals surface area contributed by atoms with Gasteiger partial charge in [-0.05, 0) is 81.1 Å². The van der Waals surface area contributed by atoms with Gasteiger partial charge < -0.3 is 29.6 Å². The Kier molecular flexibility index (Phi) is 10.6. The summed E-state index contributed by atoms with van der Waals surface area (Å²) >= 11 is 0. The zero-order chi connectivity index (χ0) is 34.5. The largest absolute Gasteiger partial charge is 0.491 e. The summed E-state index contributed by atoms with van der Waals surface area (Å²) in [5, 5.41) is 15.5. The summed E-state index contributed by atoms with van der Waals surface area (Å²) in [4.78, 5) is 36.5. The number of rotatable bonds is 12. The molecule has 2 amide bonds. The van der Waals surface area contributed by atoms with Gasteiger partial charge in [-0.25, -0.2) is 13.2 Å². The van der Waals surface area contributed by atoms with Crippen LogP contribution in [0.15, 0.2) is 76.0 Å². The number of ether oxygens (including phenoxy) is 2. The normalized spacial score (nSPS) is 12.5. The van der Waals surface area contributed by atoms with E-state index in [0.717, 1.165) is 11.1 Å². The molecule has 0 radical (unpaired) electrons. The van der Waals surface area contributed by atoms with Crippen LogP contribution in [0.25, 0.3) is 22.1 Å². The molecule has 0 bridgehead atoms. The Hall–Kier alpha value is -4.88. The van der Waals surface area contributed by atoms with Crippen molar-refractivity contribution in [2.75, 3.05) is 18.5 Å². The average Bonchev–Trinajstić information content (AvgIpc) is 3.34. The molecule has 0 fully saturated rings. The number of carboxylic acids is 1. The van der Waals surface area contributed by atoms with Crippen LogP contribution in [-0.4, -0.2) is 56.3 Å². The van der Waals surface area contributed by atoms with Crippen LogP contribution in [-0.2, 0) is 19.6 Å². The van der Waals surface area contributed by atoms with Crippen LogP contribution in [0.3, 0.4) is 0 Å². The van der Waals surface area contributed by atoms with E-state index < -0.39 is 45.6 Å². The molecule has 0 aliphatic rings. The summed E-state index contributed by atoms with van der Waals surface area (Å²) < 4.78 is 44.7. The van der Waals surface area contributed by atoms with E-state index in [2.05, 4.69) is 15.4 Å². The molecule has 4 N–H and O–H groups in total. The van der Waals surface area contributed by atoms with E-state index in [9.17, 15) is 27.9 Å². The number of aryl methyl sites for hydroxylation is 1. The summed E-state index contributed by atoms with van der Waals surface area (Å²) in [6, 6.07) is 17.0. The van der Waals surface area contributed by atoms with Crippen molar-refractivity contribution in [3.63, 3.8) is 0 Å². The number of benzene rings is 3. The maximum atomic E-state index is 13.2. The Balaban J connectivity index is 1.40. The fraction of sp³-hybridized carbons (Fsp3) is 0.324. The second kappa shape index (κ2) is 14.3. The van der Waals surface area contributed by atoms with Crippen LogP contribution in [0.4, 0.5) is 10.5 Å². The molecule has 0 saturated carbocycles. The number of anilines is 1. The Bertz CT molecular complexity index is 1860. The van der Waals surface area contributed by atoms with Gasteiger partial charge >= 0.3 is 12.1 Å². The van der Waals surface area contributed by atoms with Gasteiger partial charge in [-0.1, -0.05) is 44.2 Å². The Labute approximate surface area is 273 Å². The van der Waals surface area contributed by atoms with Crippen LogP contribution in [0, 0.1) is 12.8 Å². The zero-order valence-corrected chi connectivity index (χ0v) is 27.9. The number of hydrogen-bond acceptors (Lipinski definition) is 8. The Morgan fingerprint density at radius 2 is 1.55 bits per heavy atom. The number of aliphatic carboxylic acids is 1. The standard InChI is InChI=1S/C34H39N3O9S/c1-20(2)29(32(39)40)37-47(42,43)25-16-12-23(13-17-25)22-10-14-24(15-11-22)36-31(38)30-21(3)28-26(8-7-9-27(28)45-30)44-19-18-35-33(41)46-34(4,5)6/h7-17,20,29,37H,18-19H2,1-6H3,(H,35,41)(H,36,38)(H,39,40)/t29-/m0/s1. The van der Waals surface area contributed by atoms with E-state index in [0.29, 0.717) is 28.0 Å². The Morgan fingerprint density at radius 3 is 2.13 bits per heavy atom. The fourth-order valence-corrected chi connectivity index (χ4v) is 6.04. The molecule has 4 rings (SSSR count). The molecule has 0 aliphatic heterocycles. The predicted molar refractivity (Wildman–Crippen MR) is 177 cm³/mol. The fourth-order valence-electron chi connectivity index (χ4n) is 4.70. The quantitative estimate of drug-likeness (QED) is 0.133. The molecule has 3 aromatic carbocycles. The van der Waals surface area contributed by atoms with E-state index in [4.69, 9.17) is 13.9 Å². The van der Waals surface area contributed by atoms with Gasteiger partial charge in [0.15, 0.2) is 5.76 Å². The molecular weight excluding hydrogens is 626 g/mol. The first-order valence-corrected chi connectivity index (χ1v) is 16.4. The van der Waals surface area contributed by atoms with Crippen LogP contribution in [0.2, 0.25) is 0 Å². The highest BCUT2D eigenvalue weighted by Crippen LogP contribution is 2.34. The topological polar surface area (TPSA) is 173 Å². The molecule has 0 unspecified atom stereocenters. The number of amides is 2. The maximum Gasteiger partial charge on any atom is 0.407 e. The van der Waals surface area contributed by atoms with Crippen LogP contribution in [0.5, 0.6) is 5.75 Å². The molecule has 0 aliphatic carbocycles. The SMILES string of the molecule is Cc1c(C(=O)Nc2ccc(-c3ccc(S(=O)(=O)N[C@H](C(=O)O)C(C)C)cc3)cc2)oc2cccc(OCCNC(=O)OC(C)(C)C)c12. The number of nitrogens with one attached hydrogen (secondary N) is 3. The van der Waals surface area contributed by atoms with Gasteiger partial charge in [0.05, 0.1) is 16.8 Å². The van der Waals surface area contributed by atoms with Crippen molar-refractivity contribution in [2.24, 2.45) is 5.92 Å². The number of carbonyl (C=O) groups is 3. The van der Waals surface area contributed by atoms with Crippen LogP contribution >= 0.6 is 0 Å². The van der Waals surface area contributed by atoms with E-state index >= 15 is 0 Å². The van der Waals surface area contributed by atoms with Crippen molar-refractivity contribution in [1.29, 1.82) is 0 Å². The number of fused-ring (bicyclic) bond motifs is 1. The van der Waals surface area contributed by atoms with Crippen molar-refractivity contribution >= 4 is 44.6 Å². The minimum Gasteiger partial charge on any atom is -0.491 e. The average molecular weight is 666 g/mol. The number of hydrogen-bond donors (Lipinski definition) is 4. The molecule has 4 aromatic rings. The molecular formula is C34H39N3O9S. The molecule has 13 heteroatoms. The number of sulfonamides is 1. The lowest BCUT2D eigenvalue weighted by molar-refractivity contribution is -0.140. The third kappa shape index (κ3) is 8.89. The highest BCUT2D eigenvalue weighted by molar-refractivity contribution is 7.89. The van der Waals surface area contributed by atoms with Crippen molar-refractivity contribution in [3.8, 4) is 16.9 Å². The van der Waals surface area contributed by atoms with Gasteiger partial charge in [-0.2, -0.15) is 4.72 Å². The monoisotopic (exact) mass is 665 g/mol. The third-order valence-corrected chi connectivity index (χ3v) is 8.46. The van der Waals surface area contributed by atoms with E-state index in [-0.39, 0.29) is 23.8 Å². The van der Waals surface area contributed by atoms with Gasteiger partial charge in [0.1, 0.15) is 29.6 Å². The third-order valence-electron chi connectivity index (χ3n) is 7.01. The van der Waals surface area contributed by atoms with Gasteiger partial charge in [-0.3, -0.25) is 9.59 Å². The second-order valence-electron chi connectivity index (χ2n) is 12.2. The molecule has 47 heavy (non-hydrogen) atoms. The predicted octanol–water partition coefficient (Wildman–Crippen LogP) is 5.95. The maximum absolute atomic E-state index is 13.2. The summed E-state index contributed by atoms with van der Waals surface area (Å²) in [7, 11) is -4.04. The molecule has 0 saturated heterocycles. The smallest absolute Gasteiger partial charge is 0.407 e. The van der Waals surface area contributed by atoms with E-state index in [1.165, 1.54) is 12.1 Å². The highest BCUT2D eigenvalue weighted by Gasteiger charge is 2.28. The number of carbonyl (C=O) groups excluding carboxylic acids is 2. The molecule has 1 atom stereocenters. The van der Waals surface area contributed by atoms with E-state index in [1.807, 2.05) is 0 Å². The Morgan fingerprint density at radius 1 is 0.936 bits per heavy atom. The lowest BCUT2D eigenvalue weighted by atomic mass is 10.1. The van der Waals surface area contributed by atoms with Gasteiger partial charge in [0.2, 0.25) is 10.0 Å². The summed E-state index contributed by atoms with van der Waals surface area (Å²) in [5.41, 5.74) is 2.48. The van der Waals surface area contributed by atoms with Gasteiger partial charge in [0, 0.05) is 11.3 Å². The number of furan rings is 1. The highest BCUT2D eigenvalue weighted by atomic mass is 32.2. The molecule has 1 aromatic heterocycles. The van der Waals surface area contributed by atoms with Crippen molar-refractivity contribution in [2.45, 2.75) is 58.1 Å².